The first-order chi connectivity index (χ1) is 9.52. The number of hydrogen-bond donors (Lipinski definition) is 1. The quantitative estimate of drug-likeness (QED) is 0.869. The molecule has 1 aliphatic heterocycles. The highest BCUT2D eigenvalue weighted by Gasteiger charge is 2.49. The molecule has 3 rings (SSSR count). The minimum absolute atomic E-state index is 0. The molecular formula is C17H31ClN2O. The van der Waals surface area contributed by atoms with Crippen molar-refractivity contribution < 1.29 is 4.79 Å². The molecule has 3 unspecified atom stereocenters. The largest absolute Gasteiger partial charge is 0.342 e. The van der Waals surface area contributed by atoms with Crippen molar-refractivity contribution in [1.82, 2.24) is 4.90 Å². The summed E-state index contributed by atoms with van der Waals surface area (Å²) in [6.45, 7) is 6.42. The maximum atomic E-state index is 13.1. The third-order valence-electron chi connectivity index (χ3n) is 6.01. The minimum Gasteiger partial charge on any atom is -0.342 e. The third kappa shape index (κ3) is 3.10. The van der Waals surface area contributed by atoms with E-state index in [2.05, 4.69) is 18.7 Å². The highest BCUT2D eigenvalue weighted by atomic mass is 35.5. The second-order valence-electron chi connectivity index (χ2n) is 7.96. The summed E-state index contributed by atoms with van der Waals surface area (Å²) in [5, 5.41) is 0. The van der Waals surface area contributed by atoms with Gasteiger partial charge in [0, 0.05) is 24.5 Å². The lowest BCUT2D eigenvalue weighted by Gasteiger charge is -2.34. The van der Waals surface area contributed by atoms with E-state index in [0.717, 1.165) is 38.8 Å². The Morgan fingerprint density at radius 3 is 2.48 bits per heavy atom. The molecule has 3 fully saturated rings. The Hall–Kier alpha value is -0.280. The summed E-state index contributed by atoms with van der Waals surface area (Å²) >= 11 is 0. The van der Waals surface area contributed by atoms with Crippen molar-refractivity contribution in [1.29, 1.82) is 0 Å². The maximum Gasteiger partial charge on any atom is 0.228 e. The van der Waals surface area contributed by atoms with Gasteiger partial charge in [-0.2, -0.15) is 0 Å². The van der Waals surface area contributed by atoms with E-state index >= 15 is 0 Å². The van der Waals surface area contributed by atoms with Gasteiger partial charge in [0.2, 0.25) is 5.91 Å². The van der Waals surface area contributed by atoms with Crippen molar-refractivity contribution in [2.75, 3.05) is 13.1 Å². The summed E-state index contributed by atoms with van der Waals surface area (Å²) in [7, 11) is 0. The fourth-order valence-corrected chi connectivity index (χ4v) is 5.15. The Kier molecular flexibility index (Phi) is 5.25. The number of rotatable bonds is 3. The maximum absolute atomic E-state index is 13.1. The molecule has 3 aliphatic rings. The van der Waals surface area contributed by atoms with Crippen LogP contribution in [0.25, 0.3) is 0 Å². The van der Waals surface area contributed by atoms with Crippen molar-refractivity contribution >= 4 is 18.3 Å². The highest BCUT2D eigenvalue weighted by Crippen LogP contribution is 2.47. The number of amides is 1. The van der Waals surface area contributed by atoms with Crippen molar-refractivity contribution in [2.24, 2.45) is 28.9 Å². The molecule has 0 aromatic rings. The Morgan fingerprint density at radius 2 is 1.90 bits per heavy atom. The van der Waals surface area contributed by atoms with E-state index in [-0.39, 0.29) is 17.8 Å². The van der Waals surface area contributed by atoms with E-state index in [0.29, 0.717) is 29.7 Å². The van der Waals surface area contributed by atoms with E-state index in [1.807, 2.05) is 0 Å². The highest BCUT2D eigenvalue weighted by molar-refractivity contribution is 5.85. The zero-order valence-electron chi connectivity index (χ0n) is 13.5. The molecule has 3 nitrogen and oxygen atoms in total. The molecule has 0 spiro atoms. The number of likely N-dealkylation sites (tertiary alicyclic amines) is 1. The van der Waals surface area contributed by atoms with Crippen molar-refractivity contribution in [3.63, 3.8) is 0 Å². The lowest BCUT2D eigenvalue weighted by molar-refractivity contribution is -0.142. The van der Waals surface area contributed by atoms with Crippen molar-refractivity contribution in [3.8, 4) is 0 Å². The minimum atomic E-state index is -0.0309. The fourth-order valence-electron chi connectivity index (χ4n) is 5.15. The summed E-state index contributed by atoms with van der Waals surface area (Å²) in [4.78, 5) is 15.3. The van der Waals surface area contributed by atoms with Crippen LogP contribution >= 0.6 is 12.4 Å². The van der Waals surface area contributed by atoms with Gasteiger partial charge < -0.3 is 10.6 Å². The number of nitrogens with zero attached hydrogens (tertiary/aromatic N) is 1. The van der Waals surface area contributed by atoms with Crippen LogP contribution in [-0.2, 0) is 4.79 Å². The van der Waals surface area contributed by atoms with E-state index < -0.39 is 0 Å². The molecule has 0 aromatic heterocycles. The standard InChI is InChI=1S/C17H30N2O.ClH/c1-12(2)9-17(7-3-4-8-17)16(20)19-10-13-5-6-15(18)14(13)11-19;/h12-15H,3-11,18H2,1-2H3;1H. The molecule has 2 N–H and O–H groups in total. The molecule has 0 radical (unpaired) electrons. The smallest absolute Gasteiger partial charge is 0.228 e. The van der Waals surface area contributed by atoms with Crippen LogP contribution in [0.1, 0.15) is 58.8 Å². The zero-order valence-corrected chi connectivity index (χ0v) is 14.3. The Balaban J connectivity index is 0.00000161. The van der Waals surface area contributed by atoms with Crippen LogP contribution in [-0.4, -0.2) is 29.9 Å². The normalized spacial score (nSPS) is 34.1. The molecule has 1 heterocycles. The number of nitrogens with two attached hydrogens (primary N) is 1. The van der Waals surface area contributed by atoms with Crippen LogP contribution in [0.15, 0.2) is 0 Å². The van der Waals surface area contributed by atoms with Gasteiger partial charge in [0.05, 0.1) is 0 Å². The van der Waals surface area contributed by atoms with Crippen LogP contribution in [0.3, 0.4) is 0 Å². The second-order valence-corrected chi connectivity index (χ2v) is 7.96. The van der Waals surface area contributed by atoms with Crippen LogP contribution < -0.4 is 5.73 Å². The first kappa shape index (κ1) is 17.1. The van der Waals surface area contributed by atoms with Crippen molar-refractivity contribution in [3.05, 3.63) is 0 Å². The number of hydrogen-bond acceptors (Lipinski definition) is 2. The van der Waals surface area contributed by atoms with E-state index in [1.165, 1.54) is 19.3 Å². The first-order valence-electron chi connectivity index (χ1n) is 8.57. The molecule has 3 atom stereocenters. The predicted octanol–water partition coefficient (Wildman–Crippen LogP) is 3.21. The molecule has 2 aliphatic carbocycles. The third-order valence-corrected chi connectivity index (χ3v) is 6.01. The Morgan fingerprint density at radius 1 is 1.24 bits per heavy atom. The van der Waals surface area contributed by atoms with Gasteiger partial charge in [0.15, 0.2) is 0 Å². The average molecular weight is 315 g/mol. The summed E-state index contributed by atoms with van der Waals surface area (Å²) in [5.41, 5.74) is 6.18. The van der Waals surface area contributed by atoms with Gasteiger partial charge in [-0.15, -0.1) is 12.4 Å². The van der Waals surface area contributed by atoms with Gasteiger partial charge in [-0.05, 0) is 49.9 Å². The summed E-state index contributed by atoms with van der Waals surface area (Å²) < 4.78 is 0. The van der Waals surface area contributed by atoms with Gasteiger partial charge in [-0.1, -0.05) is 26.7 Å². The van der Waals surface area contributed by atoms with Gasteiger partial charge in [-0.3, -0.25) is 4.79 Å². The Bertz CT molecular complexity index is 379. The number of carbonyl (C=O) groups excluding carboxylic acids is 1. The molecule has 0 aromatic carbocycles. The molecule has 0 bridgehead atoms. The topological polar surface area (TPSA) is 46.3 Å². The van der Waals surface area contributed by atoms with E-state index in [1.54, 1.807) is 0 Å². The predicted molar refractivity (Wildman–Crippen MR) is 88.4 cm³/mol. The van der Waals surface area contributed by atoms with E-state index in [4.69, 9.17) is 5.73 Å². The molecule has 2 saturated carbocycles. The van der Waals surface area contributed by atoms with Gasteiger partial charge in [-0.25, -0.2) is 0 Å². The Labute approximate surface area is 135 Å². The van der Waals surface area contributed by atoms with Crippen LogP contribution in [0.2, 0.25) is 0 Å². The molecule has 122 valence electrons. The zero-order chi connectivity index (χ0) is 14.3. The van der Waals surface area contributed by atoms with Crippen molar-refractivity contribution in [2.45, 2.75) is 64.8 Å². The molecule has 1 saturated heterocycles. The van der Waals surface area contributed by atoms with E-state index in [9.17, 15) is 4.79 Å². The SMILES string of the molecule is CC(C)CC1(C(=O)N2CC3CCC(N)C3C2)CCCC1.Cl. The molecule has 21 heavy (non-hydrogen) atoms. The lowest BCUT2D eigenvalue weighted by Crippen LogP contribution is -2.43. The first-order valence-corrected chi connectivity index (χ1v) is 8.57. The van der Waals surface area contributed by atoms with Crippen LogP contribution in [0.4, 0.5) is 0 Å². The summed E-state index contributed by atoms with van der Waals surface area (Å²) in [6.07, 6.45) is 8.16. The van der Waals surface area contributed by atoms with Crippen LogP contribution in [0.5, 0.6) is 0 Å². The fraction of sp³-hybridized carbons (Fsp3) is 0.941. The number of carbonyl (C=O) groups is 1. The summed E-state index contributed by atoms with van der Waals surface area (Å²) in [6, 6.07) is 0.336. The number of fused-ring (bicyclic) bond motifs is 1. The average Bonchev–Trinajstić information content (AvgIpc) is 3.06. The molecular weight excluding hydrogens is 284 g/mol. The summed E-state index contributed by atoms with van der Waals surface area (Å²) in [5.74, 6) is 2.34. The molecule has 4 heteroatoms. The second kappa shape index (κ2) is 6.45. The van der Waals surface area contributed by atoms with Crippen LogP contribution in [0, 0.1) is 23.2 Å². The lowest BCUT2D eigenvalue weighted by atomic mass is 9.77. The number of halogens is 1. The van der Waals surface area contributed by atoms with Gasteiger partial charge >= 0.3 is 0 Å². The monoisotopic (exact) mass is 314 g/mol. The molecule has 1 amide bonds. The van der Waals surface area contributed by atoms with Gasteiger partial charge in [0.25, 0.3) is 0 Å². The van der Waals surface area contributed by atoms with Gasteiger partial charge in [0.1, 0.15) is 0 Å².